The van der Waals surface area contributed by atoms with Gasteiger partial charge in [-0.25, -0.2) is 0 Å². The summed E-state index contributed by atoms with van der Waals surface area (Å²) in [5.41, 5.74) is 0. The maximum absolute atomic E-state index is 9.74. The van der Waals surface area contributed by atoms with E-state index in [1.165, 1.54) is 0 Å². The zero-order valence-electron chi connectivity index (χ0n) is 6.46. The van der Waals surface area contributed by atoms with Crippen molar-refractivity contribution in [1.82, 2.24) is 0 Å². The Hall–Kier alpha value is 0.910. The van der Waals surface area contributed by atoms with Crippen molar-refractivity contribution < 1.29 is 42.2 Å². The Morgan fingerprint density at radius 3 is 2.30 bits per heavy atom. The van der Waals surface area contributed by atoms with E-state index in [9.17, 15) is 8.42 Å². The molecule has 0 aromatic rings. The van der Waals surface area contributed by atoms with E-state index in [2.05, 4.69) is 4.18 Å². The Kier molecular flexibility index (Phi) is 13.4. The van der Waals surface area contributed by atoms with Crippen molar-refractivity contribution in [2.24, 2.45) is 0 Å². The van der Waals surface area contributed by atoms with Crippen molar-refractivity contribution in [2.45, 2.75) is 26.2 Å². The second-order valence-corrected chi connectivity index (χ2v) is 2.38. The summed E-state index contributed by atoms with van der Waals surface area (Å²) in [6.07, 6.45) is 2.93. The molecule has 0 bridgehead atoms. The van der Waals surface area contributed by atoms with Gasteiger partial charge in [-0.15, -0.1) is 0 Å². The fraction of sp³-hybridized carbons (Fsp3) is 1.00. The zero-order chi connectivity index (χ0) is 7.11. The first-order valence-electron chi connectivity index (χ1n) is 3.00. The van der Waals surface area contributed by atoms with Gasteiger partial charge in [-0.3, -0.25) is 0 Å². The van der Waals surface area contributed by atoms with Crippen molar-refractivity contribution in [3.63, 3.8) is 0 Å². The average Bonchev–Trinajstić information content (AvgIpc) is 1.80. The molecule has 0 saturated carbocycles. The molecule has 0 aliphatic carbocycles. The fourth-order valence-corrected chi connectivity index (χ4v) is 0.733. The minimum Gasteiger partial charge on any atom is -0.424 e. The molecule has 0 amide bonds. The molecular weight excluding hydrogens is 163 g/mol. The third-order valence-electron chi connectivity index (χ3n) is 0.927. The van der Waals surface area contributed by atoms with Crippen LogP contribution in [0.4, 0.5) is 0 Å². The Morgan fingerprint density at radius 1 is 1.30 bits per heavy atom. The topological polar surface area (TPSA) is 43.4 Å². The van der Waals surface area contributed by atoms with Gasteiger partial charge in [0.2, 0.25) is 0 Å². The maximum atomic E-state index is 9.74. The summed E-state index contributed by atoms with van der Waals surface area (Å²) >= 11 is 0. The summed E-state index contributed by atoms with van der Waals surface area (Å²) in [4.78, 5) is 0. The monoisotopic (exact) mass is 174 g/mol. The van der Waals surface area contributed by atoms with Crippen molar-refractivity contribution in [1.29, 1.82) is 0 Å². The van der Waals surface area contributed by atoms with Gasteiger partial charge in [0.05, 0.1) is 11.0 Å². The molecule has 3 nitrogen and oxygen atoms in total. The zero-order valence-corrected chi connectivity index (χ0v) is 9.28. The van der Waals surface area contributed by atoms with Gasteiger partial charge in [0.15, 0.2) is 0 Å². The molecule has 0 rings (SSSR count). The Bertz CT molecular complexity index is 116. The van der Waals surface area contributed by atoms with Crippen LogP contribution in [0.15, 0.2) is 0 Å². The van der Waals surface area contributed by atoms with Gasteiger partial charge in [0.1, 0.15) is 0 Å². The predicted molar refractivity (Wildman–Crippen MR) is 34.2 cm³/mol. The second kappa shape index (κ2) is 9.91. The van der Waals surface area contributed by atoms with Crippen LogP contribution in [0.2, 0.25) is 0 Å². The van der Waals surface area contributed by atoms with Crippen LogP contribution in [0.3, 0.4) is 0 Å². The van der Waals surface area contributed by atoms with Gasteiger partial charge < -0.3 is 12.6 Å². The van der Waals surface area contributed by atoms with E-state index in [1.807, 2.05) is 6.92 Å². The molecule has 0 spiro atoms. The van der Waals surface area contributed by atoms with Gasteiger partial charge in [0, 0.05) is 6.61 Å². The molecule has 0 aliphatic rings. The summed E-state index contributed by atoms with van der Waals surface area (Å²) in [6, 6.07) is 0. The quantitative estimate of drug-likeness (QED) is 0.287. The number of hydrogen-bond acceptors (Lipinski definition) is 4. The molecule has 0 saturated heterocycles. The van der Waals surface area contributed by atoms with Crippen molar-refractivity contribution in [3.05, 3.63) is 0 Å². The fourth-order valence-electron chi connectivity index (χ4n) is 0.479. The largest absolute Gasteiger partial charge is 1.00 e. The van der Waals surface area contributed by atoms with Crippen molar-refractivity contribution in [3.8, 4) is 0 Å². The van der Waals surface area contributed by atoms with E-state index in [-0.39, 0.29) is 29.6 Å². The molecule has 0 atom stereocenters. The Balaban J connectivity index is 0. The van der Waals surface area contributed by atoms with E-state index in [4.69, 9.17) is 0 Å². The third kappa shape index (κ3) is 11.7. The van der Waals surface area contributed by atoms with E-state index < -0.39 is 11.0 Å². The summed E-state index contributed by atoms with van der Waals surface area (Å²) in [7, 11) is -2.32. The van der Waals surface area contributed by atoms with Crippen LogP contribution >= 0.6 is 0 Å². The SMILES string of the molecule is CCCCCO[S-](=O)=O.[Na+]. The van der Waals surface area contributed by atoms with Gasteiger partial charge in [-0.1, -0.05) is 19.8 Å². The Morgan fingerprint density at radius 2 is 1.90 bits per heavy atom. The first-order chi connectivity index (χ1) is 4.27. The van der Waals surface area contributed by atoms with Gasteiger partial charge in [-0.2, -0.15) is 0 Å². The first kappa shape index (κ1) is 13.5. The first-order valence-corrected chi connectivity index (χ1v) is 4.00. The van der Waals surface area contributed by atoms with Crippen LogP contribution in [0.25, 0.3) is 0 Å². The predicted octanol–water partition coefficient (Wildman–Crippen LogP) is -1.58. The number of unbranched alkanes of at least 4 members (excludes halogenated alkanes) is 2. The third-order valence-corrected chi connectivity index (χ3v) is 1.29. The smallest absolute Gasteiger partial charge is 0.424 e. The maximum Gasteiger partial charge on any atom is 1.00 e. The molecule has 56 valence electrons. The van der Waals surface area contributed by atoms with Crippen LogP contribution < -0.4 is 29.6 Å². The second-order valence-electron chi connectivity index (χ2n) is 1.73. The van der Waals surface area contributed by atoms with E-state index in [0.29, 0.717) is 6.61 Å². The molecule has 0 aromatic carbocycles. The van der Waals surface area contributed by atoms with Crippen LogP contribution in [-0.4, -0.2) is 6.61 Å². The van der Waals surface area contributed by atoms with E-state index >= 15 is 0 Å². The molecule has 0 heterocycles. The van der Waals surface area contributed by atoms with Crippen molar-refractivity contribution >= 4 is 11.0 Å². The normalized spacial score (nSPS) is 9.40. The van der Waals surface area contributed by atoms with Crippen LogP contribution in [0.1, 0.15) is 26.2 Å². The van der Waals surface area contributed by atoms with E-state index in [0.717, 1.165) is 19.3 Å². The molecule has 0 radical (unpaired) electrons. The standard InChI is InChI=1S/C5H11O3S.Na/c1-2-3-4-5-8-9(6)7;/h2-5H2,1H3;/q-1;+1. The van der Waals surface area contributed by atoms with Gasteiger partial charge in [-0.05, 0) is 6.42 Å². The molecule has 0 N–H and O–H groups in total. The van der Waals surface area contributed by atoms with Crippen molar-refractivity contribution in [2.75, 3.05) is 6.61 Å². The Labute approximate surface area is 85.6 Å². The molecule has 5 heteroatoms. The van der Waals surface area contributed by atoms with Crippen LogP contribution in [0, 0.1) is 0 Å². The number of hydrogen-bond donors (Lipinski definition) is 0. The molecular formula is C5H11NaO3S. The van der Waals surface area contributed by atoms with Gasteiger partial charge in [0.25, 0.3) is 0 Å². The van der Waals surface area contributed by atoms with Crippen LogP contribution in [-0.2, 0) is 23.6 Å². The summed E-state index contributed by atoms with van der Waals surface area (Å²) in [5.74, 6) is 0. The molecule has 0 fully saturated rings. The molecule has 10 heavy (non-hydrogen) atoms. The molecule has 0 aliphatic heterocycles. The van der Waals surface area contributed by atoms with Gasteiger partial charge >= 0.3 is 29.6 Å². The minimum atomic E-state index is -2.32. The van der Waals surface area contributed by atoms with E-state index in [1.54, 1.807) is 0 Å². The summed E-state index contributed by atoms with van der Waals surface area (Å²) in [5, 5.41) is 0. The minimum absolute atomic E-state index is 0. The summed E-state index contributed by atoms with van der Waals surface area (Å²) in [6.45, 7) is 2.37. The molecule has 0 aromatic heterocycles. The average molecular weight is 174 g/mol. The summed E-state index contributed by atoms with van der Waals surface area (Å²) < 4.78 is 23.7. The van der Waals surface area contributed by atoms with Crippen LogP contribution in [0.5, 0.6) is 0 Å². The molecule has 0 unspecified atom stereocenters. The number of rotatable bonds is 5.